The number of rotatable bonds is 6. The molecular weight excluding hydrogens is 345 g/mol. The molecule has 2 amide bonds. The third kappa shape index (κ3) is 5.97. The Labute approximate surface area is 154 Å². The van der Waals surface area contributed by atoms with Crippen molar-refractivity contribution in [3.8, 4) is 0 Å². The van der Waals surface area contributed by atoms with Crippen LogP contribution in [-0.4, -0.2) is 42.9 Å². The van der Waals surface area contributed by atoms with Gasteiger partial charge in [0.2, 0.25) is 11.8 Å². The fraction of sp³-hybridized carbons (Fsp3) is 0.556. The van der Waals surface area contributed by atoms with Gasteiger partial charge in [-0.3, -0.25) is 9.59 Å². The van der Waals surface area contributed by atoms with Gasteiger partial charge in [0.05, 0.1) is 5.92 Å². The van der Waals surface area contributed by atoms with E-state index in [1.54, 1.807) is 23.1 Å². The van der Waals surface area contributed by atoms with Crippen molar-refractivity contribution in [2.45, 2.75) is 32.1 Å². The van der Waals surface area contributed by atoms with Crippen LogP contribution in [0.2, 0.25) is 0 Å². The number of likely N-dealkylation sites (tertiary alicyclic amines) is 1. The monoisotopic (exact) mass is 371 g/mol. The highest BCUT2D eigenvalue weighted by atomic mass is 35.5. The van der Waals surface area contributed by atoms with E-state index >= 15 is 0 Å². The first-order valence-electron chi connectivity index (χ1n) is 8.53. The van der Waals surface area contributed by atoms with Gasteiger partial charge in [0, 0.05) is 32.6 Å². The fourth-order valence-electron chi connectivity index (χ4n) is 3.13. The number of nitrogens with zero attached hydrogens (tertiary/aromatic N) is 1. The summed E-state index contributed by atoms with van der Waals surface area (Å²) in [5, 5.41) is 2.78. The summed E-state index contributed by atoms with van der Waals surface area (Å²) in [4.78, 5) is 26.3. The molecule has 0 spiro atoms. The molecule has 1 saturated heterocycles. The lowest BCUT2D eigenvalue weighted by Gasteiger charge is -2.32. The van der Waals surface area contributed by atoms with Gasteiger partial charge in [-0.25, -0.2) is 4.39 Å². The summed E-state index contributed by atoms with van der Waals surface area (Å²) in [7, 11) is 0. The smallest absolute Gasteiger partial charge is 0.224 e. The molecule has 0 aliphatic carbocycles. The maximum absolute atomic E-state index is 13.8. The second-order valence-electron chi connectivity index (χ2n) is 6.39. The number of nitrogens with two attached hydrogens (primary N) is 1. The minimum absolute atomic E-state index is 0. The van der Waals surface area contributed by atoms with Gasteiger partial charge in [-0.2, -0.15) is 0 Å². The van der Waals surface area contributed by atoms with Crippen LogP contribution >= 0.6 is 12.4 Å². The molecule has 7 heteroatoms. The first-order chi connectivity index (χ1) is 11.5. The average Bonchev–Trinajstić information content (AvgIpc) is 2.60. The predicted octanol–water partition coefficient (Wildman–Crippen LogP) is 2.05. The van der Waals surface area contributed by atoms with E-state index in [1.807, 2.05) is 6.92 Å². The summed E-state index contributed by atoms with van der Waals surface area (Å²) >= 11 is 0. The Balaban J connectivity index is 0.00000312. The van der Waals surface area contributed by atoms with Gasteiger partial charge in [-0.1, -0.05) is 25.1 Å². The van der Waals surface area contributed by atoms with Crippen molar-refractivity contribution in [3.63, 3.8) is 0 Å². The Bertz CT molecular complexity index is 585. The van der Waals surface area contributed by atoms with Gasteiger partial charge < -0.3 is 16.0 Å². The molecule has 0 saturated carbocycles. The Kier molecular flexibility index (Phi) is 8.86. The number of hydrogen-bond donors (Lipinski definition) is 2. The largest absolute Gasteiger partial charge is 0.355 e. The third-order valence-electron chi connectivity index (χ3n) is 4.51. The van der Waals surface area contributed by atoms with Crippen LogP contribution in [0.3, 0.4) is 0 Å². The van der Waals surface area contributed by atoms with Crippen LogP contribution in [0.5, 0.6) is 0 Å². The van der Waals surface area contributed by atoms with Gasteiger partial charge in [-0.15, -0.1) is 12.4 Å². The molecule has 2 unspecified atom stereocenters. The van der Waals surface area contributed by atoms with Crippen molar-refractivity contribution < 1.29 is 14.0 Å². The minimum atomic E-state index is -0.282. The Morgan fingerprint density at radius 1 is 1.40 bits per heavy atom. The SMILES string of the molecule is CC(CC(=O)N1CCCC(C(=O)NCCN)C1)c1ccccc1F.Cl. The van der Waals surface area contributed by atoms with Crippen molar-refractivity contribution >= 4 is 24.2 Å². The zero-order valence-electron chi connectivity index (χ0n) is 14.5. The average molecular weight is 372 g/mol. The highest BCUT2D eigenvalue weighted by Crippen LogP contribution is 2.24. The van der Waals surface area contributed by atoms with Crippen molar-refractivity contribution in [3.05, 3.63) is 35.6 Å². The van der Waals surface area contributed by atoms with Crippen LogP contribution in [0.25, 0.3) is 0 Å². The highest BCUT2D eigenvalue weighted by Gasteiger charge is 2.29. The van der Waals surface area contributed by atoms with E-state index in [4.69, 9.17) is 5.73 Å². The molecule has 25 heavy (non-hydrogen) atoms. The van der Waals surface area contributed by atoms with Gasteiger partial charge in [0.15, 0.2) is 0 Å². The second kappa shape index (κ2) is 10.4. The summed E-state index contributed by atoms with van der Waals surface area (Å²) in [6.45, 7) is 3.79. The van der Waals surface area contributed by atoms with E-state index in [0.717, 1.165) is 12.8 Å². The minimum Gasteiger partial charge on any atom is -0.355 e. The summed E-state index contributed by atoms with van der Waals surface area (Å²) in [5.74, 6) is -0.721. The van der Waals surface area contributed by atoms with E-state index in [1.165, 1.54) is 6.07 Å². The number of carbonyl (C=O) groups is 2. The number of benzene rings is 1. The normalized spacial score (nSPS) is 18.2. The van der Waals surface area contributed by atoms with E-state index < -0.39 is 0 Å². The Morgan fingerprint density at radius 2 is 2.12 bits per heavy atom. The molecule has 1 aromatic rings. The molecule has 0 bridgehead atoms. The first-order valence-corrected chi connectivity index (χ1v) is 8.53. The van der Waals surface area contributed by atoms with Crippen molar-refractivity contribution in [1.82, 2.24) is 10.2 Å². The maximum atomic E-state index is 13.8. The van der Waals surface area contributed by atoms with Crippen LogP contribution in [-0.2, 0) is 9.59 Å². The number of piperidine rings is 1. The zero-order valence-corrected chi connectivity index (χ0v) is 15.4. The van der Waals surface area contributed by atoms with E-state index in [9.17, 15) is 14.0 Å². The summed E-state index contributed by atoms with van der Waals surface area (Å²) < 4.78 is 13.8. The molecule has 3 N–H and O–H groups in total. The van der Waals surface area contributed by atoms with Gasteiger partial charge in [0.25, 0.3) is 0 Å². The van der Waals surface area contributed by atoms with Crippen LogP contribution in [0.4, 0.5) is 4.39 Å². The summed E-state index contributed by atoms with van der Waals surface area (Å²) in [5.41, 5.74) is 5.95. The van der Waals surface area contributed by atoms with Gasteiger partial charge in [-0.05, 0) is 30.4 Å². The van der Waals surface area contributed by atoms with Crippen LogP contribution in [0.15, 0.2) is 24.3 Å². The number of nitrogens with one attached hydrogen (secondary N) is 1. The lowest BCUT2D eigenvalue weighted by Crippen LogP contribution is -2.46. The van der Waals surface area contributed by atoms with E-state index in [-0.39, 0.29) is 48.3 Å². The molecule has 1 aliphatic rings. The third-order valence-corrected chi connectivity index (χ3v) is 4.51. The fourth-order valence-corrected chi connectivity index (χ4v) is 3.13. The van der Waals surface area contributed by atoms with E-state index in [0.29, 0.717) is 31.7 Å². The van der Waals surface area contributed by atoms with Gasteiger partial charge >= 0.3 is 0 Å². The van der Waals surface area contributed by atoms with Crippen LogP contribution in [0.1, 0.15) is 37.7 Å². The van der Waals surface area contributed by atoms with Crippen LogP contribution in [0, 0.1) is 11.7 Å². The molecule has 5 nitrogen and oxygen atoms in total. The molecule has 0 aromatic heterocycles. The van der Waals surface area contributed by atoms with Gasteiger partial charge in [0.1, 0.15) is 5.82 Å². The van der Waals surface area contributed by atoms with Crippen molar-refractivity contribution in [2.24, 2.45) is 11.7 Å². The number of carbonyl (C=O) groups excluding carboxylic acids is 2. The maximum Gasteiger partial charge on any atom is 0.224 e. The number of amides is 2. The molecule has 1 heterocycles. The second-order valence-corrected chi connectivity index (χ2v) is 6.39. The topological polar surface area (TPSA) is 75.4 Å². The number of hydrogen-bond acceptors (Lipinski definition) is 3. The Morgan fingerprint density at radius 3 is 2.80 bits per heavy atom. The standard InChI is InChI=1S/C18H26FN3O2.ClH/c1-13(15-6-2-3-7-16(15)19)11-17(23)22-10-4-5-14(12-22)18(24)21-9-8-20;/h2-3,6-7,13-14H,4-5,8-12,20H2,1H3,(H,21,24);1H. The molecule has 2 rings (SSSR count). The Hall–Kier alpha value is -1.66. The van der Waals surface area contributed by atoms with Crippen LogP contribution < -0.4 is 11.1 Å². The zero-order chi connectivity index (χ0) is 17.5. The lowest BCUT2D eigenvalue weighted by atomic mass is 9.94. The number of halogens is 2. The lowest BCUT2D eigenvalue weighted by molar-refractivity contribution is -0.136. The molecule has 1 aromatic carbocycles. The van der Waals surface area contributed by atoms with E-state index in [2.05, 4.69) is 5.32 Å². The molecule has 2 atom stereocenters. The molecule has 1 fully saturated rings. The van der Waals surface area contributed by atoms with Crippen molar-refractivity contribution in [1.29, 1.82) is 0 Å². The molecular formula is C18H27ClFN3O2. The highest BCUT2D eigenvalue weighted by molar-refractivity contribution is 5.85. The first kappa shape index (κ1) is 21.4. The summed E-state index contributed by atoms with van der Waals surface area (Å²) in [6, 6.07) is 6.54. The molecule has 1 aliphatic heterocycles. The summed E-state index contributed by atoms with van der Waals surface area (Å²) in [6.07, 6.45) is 1.83. The predicted molar refractivity (Wildman–Crippen MR) is 98.0 cm³/mol. The molecule has 140 valence electrons. The van der Waals surface area contributed by atoms with Crippen molar-refractivity contribution in [2.75, 3.05) is 26.2 Å². The quantitative estimate of drug-likeness (QED) is 0.803. The molecule has 0 radical (unpaired) electrons.